The smallest absolute Gasteiger partial charge is 0.260 e. The van der Waals surface area contributed by atoms with Gasteiger partial charge < -0.3 is 9.84 Å². The third-order valence-corrected chi connectivity index (χ3v) is 4.59. The molecule has 1 aromatic heterocycles. The highest BCUT2D eigenvalue weighted by atomic mass is 16.5. The summed E-state index contributed by atoms with van der Waals surface area (Å²) in [5.74, 6) is 2.78. The molecule has 1 aliphatic rings. The van der Waals surface area contributed by atoms with Crippen molar-refractivity contribution >= 4 is 5.69 Å². The number of hydrogen-bond donors (Lipinski definition) is 1. The quantitative estimate of drug-likeness (QED) is 0.901. The summed E-state index contributed by atoms with van der Waals surface area (Å²) in [4.78, 5) is 4.66. The Morgan fingerprint density at radius 1 is 1.29 bits per heavy atom. The number of hydrogen-bond acceptors (Lipinski definition) is 4. The van der Waals surface area contributed by atoms with Crippen LogP contribution in [-0.4, -0.2) is 17.2 Å². The van der Waals surface area contributed by atoms with E-state index in [1.165, 1.54) is 32.1 Å². The standard InChI is InChI=1S/C17H23N3O/c1-3-12-7-6-8-13(11-12)16-19-17(21-20-16)14-9-4-5-10-15(14)18-2/h4-5,9-10,12-13,18H,3,6-8,11H2,1-2H3. The summed E-state index contributed by atoms with van der Waals surface area (Å²) in [7, 11) is 1.91. The van der Waals surface area contributed by atoms with E-state index in [4.69, 9.17) is 4.52 Å². The van der Waals surface area contributed by atoms with Gasteiger partial charge in [-0.25, -0.2) is 0 Å². The summed E-state index contributed by atoms with van der Waals surface area (Å²) in [5, 5.41) is 7.42. The Balaban J connectivity index is 1.83. The number of nitrogens with zero attached hydrogens (tertiary/aromatic N) is 2. The molecule has 1 N–H and O–H groups in total. The zero-order valence-corrected chi connectivity index (χ0v) is 12.8. The molecule has 3 rings (SSSR count). The molecule has 21 heavy (non-hydrogen) atoms. The molecule has 112 valence electrons. The first-order valence-corrected chi connectivity index (χ1v) is 7.92. The van der Waals surface area contributed by atoms with Gasteiger partial charge in [-0.05, 0) is 30.9 Å². The third-order valence-electron chi connectivity index (χ3n) is 4.59. The number of anilines is 1. The molecular formula is C17H23N3O. The lowest BCUT2D eigenvalue weighted by Gasteiger charge is -2.26. The highest BCUT2D eigenvalue weighted by molar-refractivity contribution is 5.72. The van der Waals surface area contributed by atoms with E-state index in [-0.39, 0.29) is 0 Å². The highest BCUT2D eigenvalue weighted by Gasteiger charge is 2.26. The van der Waals surface area contributed by atoms with E-state index < -0.39 is 0 Å². The minimum Gasteiger partial charge on any atom is -0.387 e. The van der Waals surface area contributed by atoms with Crippen LogP contribution >= 0.6 is 0 Å². The van der Waals surface area contributed by atoms with E-state index in [9.17, 15) is 0 Å². The summed E-state index contributed by atoms with van der Waals surface area (Å²) in [6.07, 6.45) is 6.26. The zero-order chi connectivity index (χ0) is 14.7. The van der Waals surface area contributed by atoms with Crippen LogP contribution in [0.2, 0.25) is 0 Å². The van der Waals surface area contributed by atoms with Crippen molar-refractivity contribution in [2.45, 2.75) is 44.9 Å². The molecule has 2 atom stereocenters. The van der Waals surface area contributed by atoms with Crippen LogP contribution in [0.4, 0.5) is 5.69 Å². The van der Waals surface area contributed by atoms with Crippen LogP contribution < -0.4 is 5.32 Å². The molecule has 0 amide bonds. The Labute approximate surface area is 126 Å². The predicted octanol–water partition coefficient (Wildman–Crippen LogP) is 4.46. The number of aromatic nitrogens is 2. The average molecular weight is 285 g/mol. The molecule has 1 aromatic carbocycles. The van der Waals surface area contributed by atoms with E-state index in [0.29, 0.717) is 11.8 Å². The van der Waals surface area contributed by atoms with Crippen LogP contribution in [0.15, 0.2) is 28.8 Å². The molecule has 1 saturated carbocycles. The summed E-state index contributed by atoms with van der Waals surface area (Å²) in [6.45, 7) is 2.28. The maximum Gasteiger partial charge on any atom is 0.260 e. The molecule has 4 nitrogen and oxygen atoms in total. The first kappa shape index (κ1) is 14.1. The van der Waals surface area contributed by atoms with E-state index in [2.05, 4.69) is 22.4 Å². The molecule has 0 radical (unpaired) electrons. The van der Waals surface area contributed by atoms with Crippen LogP contribution in [0.1, 0.15) is 50.8 Å². The fraction of sp³-hybridized carbons (Fsp3) is 0.529. The first-order chi connectivity index (χ1) is 10.3. The van der Waals surface area contributed by atoms with Gasteiger partial charge >= 0.3 is 0 Å². The Kier molecular flexibility index (Phi) is 4.23. The molecule has 0 aliphatic heterocycles. The molecule has 2 unspecified atom stereocenters. The van der Waals surface area contributed by atoms with Gasteiger partial charge in [-0.3, -0.25) is 0 Å². The van der Waals surface area contributed by atoms with E-state index >= 15 is 0 Å². The van der Waals surface area contributed by atoms with Crippen LogP contribution in [0.5, 0.6) is 0 Å². The van der Waals surface area contributed by atoms with Gasteiger partial charge in [-0.2, -0.15) is 4.98 Å². The number of para-hydroxylation sites is 1. The van der Waals surface area contributed by atoms with Gasteiger partial charge in [0.05, 0.1) is 5.56 Å². The minimum absolute atomic E-state index is 0.461. The SMILES string of the molecule is CCC1CCCC(c2noc(-c3ccccc3NC)n2)C1. The maximum absolute atomic E-state index is 5.51. The van der Waals surface area contributed by atoms with Crippen molar-refractivity contribution in [3.63, 3.8) is 0 Å². The molecule has 1 fully saturated rings. The second kappa shape index (κ2) is 6.29. The molecule has 0 spiro atoms. The summed E-state index contributed by atoms with van der Waals surface area (Å²) in [6, 6.07) is 8.03. The topological polar surface area (TPSA) is 51.0 Å². The van der Waals surface area contributed by atoms with Crippen molar-refractivity contribution in [1.29, 1.82) is 0 Å². The van der Waals surface area contributed by atoms with Gasteiger partial charge in [0.2, 0.25) is 0 Å². The summed E-state index contributed by atoms with van der Waals surface area (Å²) in [5.41, 5.74) is 1.99. The van der Waals surface area contributed by atoms with Gasteiger partial charge in [0, 0.05) is 18.7 Å². The lowest BCUT2D eigenvalue weighted by atomic mass is 9.80. The Morgan fingerprint density at radius 2 is 2.14 bits per heavy atom. The summed E-state index contributed by atoms with van der Waals surface area (Å²) < 4.78 is 5.51. The number of benzene rings is 1. The minimum atomic E-state index is 0.461. The summed E-state index contributed by atoms with van der Waals surface area (Å²) >= 11 is 0. The first-order valence-electron chi connectivity index (χ1n) is 7.92. The van der Waals surface area contributed by atoms with Crippen molar-refractivity contribution in [2.75, 3.05) is 12.4 Å². The van der Waals surface area contributed by atoms with E-state index in [1.54, 1.807) is 0 Å². The third kappa shape index (κ3) is 2.94. The Morgan fingerprint density at radius 3 is 2.95 bits per heavy atom. The van der Waals surface area contributed by atoms with Gasteiger partial charge in [0.25, 0.3) is 5.89 Å². The Hall–Kier alpha value is -1.84. The fourth-order valence-electron chi connectivity index (χ4n) is 3.29. The molecule has 2 aromatic rings. The van der Waals surface area contributed by atoms with Crippen LogP contribution in [0.3, 0.4) is 0 Å². The fourth-order valence-corrected chi connectivity index (χ4v) is 3.29. The van der Waals surface area contributed by atoms with Crippen molar-refractivity contribution in [2.24, 2.45) is 5.92 Å². The van der Waals surface area contributed by atoms with Crippen LogP contribution in [-0.2, 0) is 0 Å². The van der Waals surface area contributed by atoms with Gasteiger partial charge in [-0.15, -0.1) is 0 Å². The predicted molar refractivity (Wildman–Crippen MR) is 84.3 cm³/mol. The molecule has 0 saturated heterocycles. The second-order valence-corrected chi connectivity index (χ2v) is 5.89. The largest absolute Gasteiger partial charge is 0.387 e. The normalized spacial score (nSPS) is 22.2. The number of nitrogens with one attached hydrogen (secondary N) is 1. The highest BCUT2D eigenvalue weighted by Crippen LogP contribution is 2.37. The maximum atomic E-state index is 5.51. The van der Waals surface area contributed by atoms with Gasteiger partial charge in [0.15, 0.2) is 5.82 Å². The van der Waals surface area contributed by atoms with E-state index in [1.807, 2.05) is 31.3 Å². The number of rotatable bonds is 4. The Bertz CT molecular complexity index is 593. The van der Waals surface area contributed by atoms with Crippen LogP contribution in [0, 0.1) is 5.92 Å². The molecule has 0 bridgehead atoms. The van der Waals surface area contributed by atoms with Crippen LogP contribution in [0.25, 0.3) is 11.5 Å². The average Bonchev–Trinajstić information content (AvgIpc) is 3.04. The molecule has 1 aliphatic carbocycles. The van der Waals surface area contributed by atoms with Gasteiger partial charge in [-0.1, -0.05) is 43.5 Å². The monoisotopic (exact) mass is 285 g/mol. The van der Waals surface area contributed by atoms with Crippen molar-refractivity contribution in [3.8, 4) is 11.5 Å². The zero-order valence-electron chi connectivity index (χ0n) is 12.8. The van der Waals surface area contributed by atoms with Gasteiger partial charge in [0.1, 0.15) is 0 Å². The van der Waals surface area contributed by atoms with Crippen molar-refractivity contribution in [1.82, 2.24) is 10.1 Å². The van der Waals surface area contributed by atoms with Crippen molar-refractivity contribution < 1.29 is 4.52 Å². The van der Waals surface area contributed by atoms with E-state index in [0.717, 1.165) is 23.0 Å². The molecular weight excluding hydrogens is 262 g/mol. The lowest BCUT2D eigenvalue weighted by molar-refractivity contribution is 0.300. The molecule has 1 heterocycles. The lowest BCUT2D eigenvalue weighted by Crippen LogP contribution is -2.14. The molecule has 4 heteroatoms. The van der Waals surface area contributed by atoms with Crippen molar-refractivity contribution in [3.05, 3.63) is 30.1 Å². The second-order valence-electron chi connectivity index (χ2n) is 5.89.